The van der Waals surface area contributed by atoms with Crippen molar-refractivity contribution in [3.05, 3.63) is 0 Å². The second-order valence-electron chi connectivity index (χ2n) is 3.74. The Morgan fingerprint density at radius 3 is 2.79 bits per heavy atom. The average molecular weight is 218 g/mol. The molecule has 82 valence electrons. The van der Waals surface area contributed by atoms with E-state index in [4.69, 9.17) is 0 Å². The molecule has 0 spiro atoms. The Kier molecular flexibility index (Phi) is 4.07. The zero-order chi connectivity index (χ0) is 10.7. The Morgan fingerprint density at radius 2 is 2.36 bits per heavy atom. The molecule has 1 saturated heterocycles. The first-order valence-electron chi connectivity index (χ1n) is 4.87. The third kappa shape index (κ3) is 2.78. The van der Waals surface area contributed by atoms with Crippen LogP contribution in [0.15, 0.2) is 0 Å². The topological polar surface area (TPSA) is 49.4 Å². The standard InChI is InChI=1S/C9H18N2O2S/c1-7(14(3)13)4-5-11-8(2)10-6-9(11)12/h7-8,10H,4-6H2,1-3H3. The quantitative estimate of drug-likeness (QED) is 0.718. The summed E-state index contributed by atoms with van der Waals surface area (Å²) in [6.07, 6.45) is 2.64. The number of carbonyl (C=O) groups is 1. The predicted octanol–water partition coefficient (Wildman–Crippen LogP) is -0.0787. The lowest BCUT2D eigenvalue weighted by Crippen LogP contribution is -2.36. The van der Waals surface area contributed by atoms with Crippen molar-refractivity contribution < 1.29 is 9.00 Å². The van der Waals surface area contributed by atoms with Gasteiger partial charge in [0.2, 0.25) is 5.91 Å². The van der Waals surface area contributed by atoms with Crippen molar-refractivity contribution in [2.45, 2.75) is 31.7 Å². The smallest absolute Gasteiger partial charge is 0.237 e. The van der Waals surface area contributed by atoms with Gasteiger partial charge >= 0.3 is 0 Å². The third-order valence-corrected chi connectivity index (χ3v) is 4.05. The van der Waals surface area contributed by atoms with E-state index in [9.17, 15) is 9.00 Å². The van der Waals surface area contributed by atoms with Gasteiger partial charge < -0.3 is 4.90 Å². The molecule has 1 rings (SSSR count). The Morgan fingerprint density at radius 1 is 1.71 bits per heavy atom. The molecule has 1 N–H and O–H groups in total. The van der Waals surface area contributed by atoms with Crippen LogP contribution in [0.5, 0.6) is 0 Å². The van der Waals surface area contributed by atoms with E-state index in [0.717, 1.165) is 6.42 Å². The molecule has 14 heavy (non-hydrogen) atoms. The zero-order valence-corrected chi connectivity index (χ0v) is 9.76. The van der Waals surface area contributed by atoms with Gasteiger partial charge in [-0.05, 0) is 13.3 Å². The van der Waals surface area contributed by atoms with Crippen molar-refractivity contribution in [1.29, 1.82) is 0 Å². The molecule has 0 aromatic rings. The molecule has 1 heterocycles. The molecular formula is C9H18N2O2S. The first kappa shape index (κ1) is 11.7. The number of nitrogens with one attached hydrogen (secondary N) is 1. The number of nitrogens with zero attached hydrogens (tertiary/aromatic N) is 1. The Bertz CT molecular complexity index is 245. The van der Waals surface area contributed by atoms with Crippen LogP contribution in [0.25, 0.3) is 0 Å². The molecule has 5 heteroatoms. The minimum atomic E-state index is -0.791. The normalized spacial score (nSPS) is 26.6. The highest BCUT2D eigenvalue weighted by atomic mass is 32.2. The summed E-state index contributed by atoms with van der Waals surface area (Å²) in [7, 11) is -0.791. The minimum absolute atomic E-state index is 0.125. The van der Waals surface area contributed by atoms with Crippen LogP contribution < -0.4 is 5.32 Å². The lowest BCUT2D eigenvalue weighted by atomic mass is 10.3. The van der Waals surface area contributed by atoms with Crippen LogP contribution in [-0.4, -0.2) is 45.8 Å². The number of rotatable bonds is 4. The molecule has 0 bridgehead atoms. The first-order valence-corrected chi connectivity index (χ1v) is 6.49. The van der Waals surface area contributed by atoms with Crippen LogP contribution in [0.1, 0.15) is 20.3 Å². The summed E-state index contributed by atoms with van der Waals surface area (Å²) in [6.45, 7) is 5.06. The second kappa shape index (κ2) is 4.89. The van der Waals surface area contributed by atoms with Crippen LogP contribution in [0.3, 0.4) is 0 Å². The van der Waals surface area contributed by atoms with E-state index in [-0.39, 0.29) is 17.3 Å². The van der Waals surface area contributed by atoms with Crippen molar-refractivity contribution in [2.24, 2.45) is 0 Å². The predicted molar refractivity (Wildman–Crippen MR) is 57.3 cm³/mol. The molecule has 1 aliphatic heterocycles. The van der Waals surface area contributed by atoms with Crippen molar-refractivity contribution in [3.8, 4) is 0 Å². The number of hydrogen-bond acceptors (Lipinski definition) is 3. The summed E-state index contributed by atoms with van der Waals surface area (Å²) < 4.78 is 11.1. The molecule has 1 aliphatic rings. The van der Waals surface area contributed by atoms with Crippen molar-refractivity contribution in [1.82, 2.24) is 10.2 Å². The molecule has 3 atom stereocenters. The highest BCUT2D eigenvalue weighted by molar-refractivity contribution is 7.84. The molecule has 0 saturated carbocycles. The first-order chi connectivity index (χ1) is 6.52. The van der Waals surface area contributed by atoms with E-state index in [1.54, 1.807) is 6.26 Å². The summed E-state index contributed by atoms with van der Waals surface area (Å²) in [5, 5.41) is 3.24. The lowest BCUT2D eigenvalue weighted by Gasteiger charge is -2.22. The van der Waals surface area contributed by atoms with E-state index in [1.807, 2.05) is 18.7 Å². The third-order valence-electron chi connectivity index (χ3n) is 2.68. The van der Waals surface area contributed by atoms with Gasteiger partial charge in [-0.2, -0.15) is 0 Å². The monoisotopic (exact) mass is 218 g/mol. The van der Waals surface area contributed by atoms with E-state index < -0.39 is 10.8 Å². The van der Waals surface area contributed by atoms with Gasteiger partial charge in [0.25, 0.3) is 0 Å². The van der Waals surface area contributed by atoms with Crippen LogP contribution in [-0.2, 0) is 15.6 Å². The van der Waals surface area contributed by atoms with Crippen molar-refractivity contribution in [3.63, 3.8) is 0 Å². The average Bonchev–Trinajstić information content (AvgIpc) is 2.43. The fraction of sp³-hybridized carbons (Fsp3) is 0.889. The fourth-order valence-corrected chi connectivity index (χ4v) is 1.91. The maximum atomic E-state index is 11.4. The van der Waals surface area contributed by atoms with Gasteiger partial charge in [0.05, 0.1) is 12.7 Å². The summed E-state index contributed by atoms with van der Waals surface area (Å²) in [5.74, 6) is 0.145. The molecule has 1 fully saturated rings. The highest BCUT2D eigenvalue weighted by Crippen LogP contribution is 2.08. The largest absolute Gasteiger partial charge is 0.326 e. The van der Waals surface area contributed by atoms with Crippen LogP contribution in [0.2, 0.25) is 0 Å². The van der Waals surface area contributed by atoms with E-state index in [0.29, 0.717) is 13.1 Å². The van der Waals surface area contributed by atoms with Crippen molar-refractivity contribution >= 4 is 16.7 Å². The molecule has 0 aliphatic carbocycles. The highest BCUT2D eigenvalue weighted by Gasteiger charge is 2.26. The minimum Gasteiger partial charge on any atom is -0.326 e. The Hall–Kier alpha value is -0.420. The van der Waals surface area contributed by atoms with Gasteiger partial charge in [0.15, 0.2) is 0 Å². The fourth-order valence-electron chi connectivity index (χ4n) is 1.47. The van der Waals surface area contributed by atoms with E-state index in [2.05, 4.69) is 5.32 Å². The van der Waals surface area contributed by atoms with Crippen LogP contribution in [0.4, 0.5) is 0 Å². The molecule has 0 aromatic carbocycles. The van der Waals surface area contributed by atoms with E-state index >= 15 is 0 Å². The maximum Gasteiger partial charge on any atom is 0.237 e. The zero-order valence-electron chi connectivity index (χ0n) is 8.95. The van der Waals surface area contributed by atoms with Gasteiger partial charge in [-0.15, -0.1) is 0 Å². The summed E-state index contributed by atoms with van der Waals surface area (Å²) >= 11 is 0. The molecule has 1 amide bonds. The maximum absolute atomic E-state index is 11.4. The van der Waals surface area contributed by atoms with Crippen LogP contribution in [0, 0.1) is 0 Å². The molecule has 4 nitrogen and oxygen atoms in total. The number of carbonyl (C=O) groups excluding carboxylic acids is 1. The lowest BCUT2D eigenvalue weighted by molar-refractivity contribution is -0.127. The van der Waals surface area contributed by atoms with Gasteiger partial charge in [-0.25, -0.2) is 0 Å². The number of amides is 1. The molecule has 0 aromatic heterocycles. The molecular weight excluding hydrogens is 200 g/mol. The Labute approximate surface area is 87.5 Å². The van der Waals surface area contributed by atoms with Gasteiger partial charge in [-0.3, -0.25) is 14.3 Å². The van der Waals surface area contributed by atoms with E-state index in [1.165, 1.54) is 0 Å². The van der Waals surface area contributed by atoms with Crippen molar-refractivity contribution in [2.75, 3.05) is 19.3 Å². The van der Waals surface area contributed by atoms with Gasteiger partial charge in [0.1, 0.15) is 0 Å². The molecule has 0 radical (unpaired) electrons. The van der Waals surface area contributed by atoms with Gasteiger partial charge in [-0.1, -0.05) is 6.92 Å². The number of hydrogen-bond donors (Lipinski definition) is 1. The van der Waals surface area contributed by atoms with Gasteiger partial charge in [0, 0.05) is 28.9 Å². The molecule has 3 unspecified atom stereocenters. The SMILES string of the molecule is CC1NCC(=O)N1CCC(C)S(C)=O. The van der Waals surface area contributed by atoms with Crippen LogP contribution >= 0.6 is 0 Å². The summed E-state index contributed by atoms with van der Waals surface area (Å²) in [4.78, 5) is 13.2. The second-order valence-corrected chi connectivity index (χ2v) is 5.54. The summed E-state index contributed by atoms with van der Waals surface area (Å²) in [5.41, 5.74) is 0. The Balaban J connectivity index is 2.37. The summed E-state index contributed by atoms with van der Waals surface area (Å²) in [6, 6.07) is 0.